The van der Waals surface area contributed by atoms with Crippen LogP contribution in [-0.4, -0.2) is 24.0 Å². The summed E-state index contributed by atoms with van der Waals surface area (Å²) in [5.74, 6) is 0.540. The molecule has 0 fully saturated rings. The number of benzene rings is 2. The van der Waals surface area contributed by atoms with Gasteiger partial charge in [0.15, 0.2) is 0 Å². The van der Waals surface area contributed by atoms with Gasteiger partial charge in [-0.2, -0.15) is 5.26 Å². The summed E-state index contributed by atoms with van der Waals surface area (Å²) in [4.78, 5) is 14.6. The van der Waals surface area contributed by atoms with Crippen LogP contribution >= 0.6 is 15.9 Å². The number of rotatable bonds is 8. The van der Waals surface area contributed by atoms with Gasteiger partial charge in [-0.05, 0) is 39.7 Å². The fraction of sp³-hybridized carbons (Fsp3) is 0.200. The third-order valence-corrected chi connectivity index (χ3v) is 4.15. The first-order valence-corrected chi connectivity index (χ1v) is 8.68. The molecular weight excluding hydrogens is 380 g/mol. The Labute approximate surface area is 156 Å². The van der Waals surface area contributed by atoms with Crippen LogP contribution in [0.3, 0.4) is 0 Å². The van der Waals surface area contributed by atoms with Crippen molar-refractivity contribution in [1.29, 1.82) is 5.26 Å². The minimum atomic E-state index is -0.116. The molecule has 0 N–H and O–H groups in total. The molecule has 2 aromatic rings. The second-order valence-electron chi connectivity index (χ2n) is 5.37. The number of hydrogen-bond donors (Lipinski definition) is 0. The lowest BCUT2D eigenvalue weighted by atomic mass is 10.1. The van der Waals surface area contributed by atoms with Crippen LogP contribution in [0.2, 0.25) is 0 Å². The van der Waals surface area contributed by atoms with Crippen LogP contribution in [0.4, 0.5) is 0 Å². The standard InChI is InChI=1S/C20H19BrN2O2/c1-2-13-25-19-10-9-17(14-18(19)21)20(24)23(12-6-11-22)15-16-7-4-3-5-8-16/h2-5,7-10,14H,1,6,12-13,15H2. The summed E-state index contributed by atoms with van der Waals surface area (Å²) in [5, 5.41) is 8.88. The molecule has 0 unspecified atom stereocenters. The van der Waals surface area contributed by atoms with Gasteiger partial charge in [0.2, 0.25) is 0 Å². The van der Waals surface area contributed by atoms with E-state index in [1.54, 1.807) is 29.2 Å². The average Bonchev–Trinajstić information content (AvgIpc) is 2.64. The molecule has 0 aliphatic rings. The highest BCUT2D eigenvalue weighted by Crippen LogP contribution is 2.27. The minimum absolute atomic E-state index is 0.116. The van der Waals surface area contributed by atoms with Crippen LogP contribution < -0.4 is 4.74 Å². The largest absolute Gasteiger partial charge is 0.488 e. The number of carbonyl (C=O) groups excluding carboxylic acids is 1. The van der Waals surface area contributed by atoms with E-state index in [1.165, 1.54) is 0 Å². The van der Waals surface area contributed by atoms with E-state index >= 15 is 0 Å². The Morgan fingerprint density at radius 3 is 2.68 bits per heavy atom. The van der Waals surface area contributed by atoms with Crippen molar-refractivity contribution in [3.8, 4) is 11.8 Å². The molecule has 0 radical (unpaired) electrons. The van der Waals surface area contributed by atoms with Crippen molar-refractivity contribution < 1.29 is 9.53 Å². The second-order valence-corrected chi connectivity index (χ2v) is 6.22. The van der Waals surface area contributed by atoms with Gasteiger partial charge in [0, 0.05) is 18.7 Å². The molecule has 2 aromatic carbocycles. The number of carbonyl (C=O) groups is 1. The normalized spacial score (nSPS) is 9.92. The van der Waals surface area contributed by atoms with E-state index in [9.17, 15) is 4.79 Å². The van der Waals surface area contributed by atoms with Gasteiger partial charge in [-0.15, -0.1) is 0 Å². The number of halogens is 1. The predicted molar refractivity (Wildman–Crippen MR) is 101 cm³/mol. The number of amides is 1. The summed E-state index contributed by atoms with van der Waals surface area (Å²) >= 11 is 3.43. The van der Waals surface area contributed by atoms with Crippen LogP contribution in [0.5, 0.6) is 5.75 Å². The molecule has 0 aliphatic heterocycles. The molecule has 1 amide bonds. The zero-order chi connectivity index (χ0) is 18.1. The van der Waals surface area contributed by atoms with E-state index in [1.807, 2.05) is 30.3 Å². The summed E-state index contributed by atoms with van der Waals surface area (Å²) in [5.41, 5.74) is 1.57. The van der Waals surface area contributed by atoms with Crippen molar-refractivity contribution in [1.82, 2.24) is 4.90 Å². The van der Waals surface area contributed by atoms with Gasteiger partial charge in [-0.1, -0.05) is 43.0 Å². The molecule has 0 saturated heterocycles. The quantitative estimate of drug-likeness (QED) is 0.611. The summed E-state index contributed by atoms with van der Waals surface area (Å²) in [6.07, 6.45) is 1.95. The molecule has 0 bridgehead atoms. The molecule has 0 saturated carbocycles. The molecule has 25 heavy (non-hydrogen) atoms. The van der Waals surface area contributed by atoms with Crippen molar-refractivity contribution in [3.63, 3.8) is 0 Å². The van der Waals surface area contributed by atoms with E-state index < -0.39 is 0 Å². The summed E-state index contributed by atoms with van der Waals surface area (Å²) in [6.45, 7) is 4.86. The van der Waals surface area contributed by atoms with Crippen LogP contribution in [0, 0.1) is 11.3 Å². The van der Waals surface area contributed by atoms with Gasteiger partial charge in [0.05, 0.1) is 17.0 Å². The highest BCUT2D eigenvalue weighted by Gasteiger charge is 2.17. The summed E-state index contributed by atoms with van der Waals surface area (Å²) < 4.78 is 6.22. The van der Waals surface area contributed by atoms with E-state index in [4.69, 9.17) is 10.00 Å². The van der Waals surface area contributed by atoms with Gasteiger partial charge >= 0.3 is 0 Å². The molecule has 4 nitrogen and oxygen atoms in total. The first-order valence-electron chi connectivity index (χ1n) is 7.89. The lowest BCUT2D eigenvalue weighted by molar-refractivity contribution is 0.0747. The number of ether oxygens (including phenoxy) is 1. The number of nitrogens with zero attached hydrogens (tertiary/aromatic N) is 2. The van der Waals surface area contributed by atoms with E-state index in [-0.39, 0.29) is 5.91 Å². The first kappa shape index (κ1) is 18.8. The Bertz CT molecular complexity index is 769. The topological polar surface area (TPSA) is 53.3 Å². The van der Waals surface area contributed by atoms with Crippen LogP contribution in [0.15, 0.2) is 65.7 Å². The number of hydrogen-bond acceptors (Lipinski definition) is 3. The van der Waals surface area contributed by atoms with Gasteiger partial charge in [0.25, 0.3) is 5.91 Å². The zero-order valence-electron chi connectivity index (χ0n) is 13.8. The predicted octanol–water partition coefficient (Wildman–Crippen LogP) is 4.57. The van der Waals surface area contributed by atoms with Crippen molar-refractivity contribution >= 4 is 21.8 Å². The maximum atomic E-state index is 12.9. The Balaban J connectivity index is 2.19. The zero-order valence-corrected chi connectivity index (χ0v) is 15.4. The van der Waals surface area contributed by atoms with Crippen LogP contribution in [-0.2, 0) is 6.54 Å². The summed E-state index contributed by atoms with van der Waals surface area (Å²) in [6, 6.07) is 17.1. The van der Waals surface area contributed by atoms with Gasteiger partial charge in [-0.25, -0.2) is 0 Å². The second kappa shape index (κ2) is 9.65. The van der Waals surface area contributed by atoms with Crippen molar-refractivity contribution in [2.75, 3.05) is 13.2 Å². The van der Waals surface area contributed by atoms with Crippen molar-refractivity contribution in [2.45, 2.75) is 13.0 Å². The fourth-order valence-electron chi connectivity index (χ4n) is 2.32. The van der Waals surface area contributed by atoms with E-state index in [2.05, 4.69) is 28.6 Å². The Hall–Kier alpha value is -2.58. The van der Waals surface area contributed by atoms with E-state index in [0.29, 0.717) is 41.9 Å². The van der Waals surface area contributed by atoms with E-state index in [0.717, 1.165) is 5.56 Å². The Morgan fingerprint density at radius 2 is 2.04 bits per heavy atom. The van der Waals surface area contributed by atoms with Gasteiger partial charge in [-0.3, -0.25) is 4.79 Å². The SMILES string of the molecule is C=CCOc1ccc(C(=O)N(CCC#N)Cc2ccccc2)cc1Br. The highest BCUT2D eigenvalue weighted by atomic mass is 79.9. The summed E-state index contributed by atoms with van der Waals surface area (Å²) in [7, 11) is 0. The molecule has 0 aliphatic carbocycles. The molecule has 5 heteroatoms. The van der Waals surface area contributed by atoms with Crippen LogP contribution in [0.1, 0.15) is 22.3 Å². The third-order valence-electron chi connectivity index (χ3n) is 3.53. The lowest BCUT2D eigenvalue weighted by Gasteiger charge is -2.22. The van der Waals surface area contributed by atoms with Crippen molar-refractivity contribution in [3.05, 3.63) is 76.8 Å². The minimum Gasteiger partial charge on any atom is -0.488 e. The molecular formula is C20H19BrN2O2. The maximum absolute atomic E-state index is 12.9. The Kier molecular flexibility index (Phi) is 7.24. The smallest absolute Gasteiger partial charge is 0.254 e. The molecule has 0 atom stereocenters. The Morgan fingerprint density at radius 1 is 1.28 bits per heavy atom. The lowest BCUT2D eigenvalue weighted by Crippen LogP contribution is -2.31. The van der Waals surface area contributed by atoms with Crippen molar-refractivity contribution in [2.24, 2.45) is 0 Å². The molecule has 128 valence electrons. The molecule has 0 spiro atoms. The number of nitriles is 1. The molecule has 2 rings (SSSR count). The highest BCUT2D eigenvalue weighted by molar-refractivity contribution is 9.10. The molecule has 0 aromatic heterocycles. The monoisotopic (exact) mass is 398 g/mol. The first-order chi connectivity index (χ1) is 12.2. The fourth-order valence-corrected chi connectivity index (χ4v) is 2.82. The molecule has 0 heterocycles. The maximum Gasteiger partial charge on any atom is 0.254 e. The van der Waals surface area contributed by atoms with Gasteiger partial charge < -0.3 is 9.64 Å². The third kappa shape index (κ3) is 5.47. The van der Waals surface area contributed by atoms with Crippen LogP contribution in [0.25, 0.3) is 0 Å². The van der Waals surface area contributed by atoms with Gasteiger partial charge in [0.1, 0.15) is 12.4 Å². The average molecular weight is 399 g/mol.